The minimum atomic E-state index is -0.549. The van der Waals surface area contributed by atoms with Crippen LogP contribution in [0.1, 0.15) is 37.3 Å². The fraction of sp³-hybridized carbons (Fsp3) is 0.350. The summed E-state index contributed by atoms with van der Waals surface area (Å²) in [5, 5.41) is 0. The standard InChI is InChI=1S/C20H23NO2/c1-3-13(2)19(21)20(22)23-12-18-16-10-6-4-8-14(16)15-9-5-7-11-17(15)18/h4-11,13,18-19H,3,12,21H2,1-2H3. The van der Waals surface area contributed by atoms with Crippen LogP contribution in [0.3, 0.4) is 0 Å². The Bertz CT molecular complexity index is 665. The quantitative estimate of drug-likeness (QED) is 0.857. The van der Waals surface area contributed by atoms with Gasteiger partial charge in [-0.25, -0.2) is 0 Å². The van der Waals surface area contributed by atoms with Gasteiger partial charge in [-0.2, -0.15) is 0 Å². The number of carbonyl (C=O) groups is 1. The highest BCUT2D eigenvalue weighted by atomic mass is 16.5. The Balaban J connectivity index is 1.80. The van der Waals surface area contributed by atoms with Crippen molar-refractivity contribution in [1.29, 1.82) is 0 Å². The Hall–Kier alpha value is -2.13. The van der Waals surface area contributed by atoms with Crippen LogP contribution in [0.5, 0.6) is 0 Å². The molecule has 2 unspecified atom stereocenters. The molecule has 0 bridgehead atoms. The molecule has 0 spiro atoms. The first-order chi connectivity index (χ1) is 11.1. The number of carbonyl (C=O) groups excluding carboxylic acids is 1. The van der Waals surface area contributed by atoms with Crippen molar-refractivity contribution in [3.8, 4) is 11.1 Å². The maximum Gasteiger partial charge on any atom is 0.323 e. The smallest absolute Gasteiger partial charge is 0.323 e. The van der Waals surface area contributed by atoms with Crippen LogP contribution in [-0.4, -0.2) is 18.6 Å². The highest BCUT2D eigenvalue weighted by Gasteiger charge is 2.30. The average molecular weight is 309 g/mol. The molecule has 3 rings (SSSR count). The Kier molecular flexibility index (Phi) is 4.49. The molecule has 0 heterocycles. The van der Waals surface area contributed by atoms with Gasteiger partial charge in [0.25, 0.3) is 0 Å². The van der Waals surface area contributed by atoms with Crippen molar-refractivity contribution in [2.75, 3.05) is 6.61 Å². The Morgan fingerprint density at radius 1 is 1.09 bits per heavy atom. The number of benzene rings is 2. The third-order valence-corrected chi connectivity index (χ3v) is 4.88. The predicted molar refractivity (Wildman–Crippen MR) is 92.1 cm³/mol. The summed E-state index contributed by atoms with van der Waals surface area (Å²) in [6.45, 7) is 4.35. The van der Waals surface area contributed by atoms with E-state index < -0.39 is 6.04 Å². The molecule has 0 aromatic heterocycles. The maximum absolute atomic E-state index is 12.2. The Morgan fingerprint density at radius 2 is 1.61 bits per heavy atom. The number of nitrogens with two attached hydrogens (primary N) is 1. The van der Waals surface area contributed by atoms with Gasteiger partial charge in [0.2, 0.25) is 0 Å². The zero-order valence-corrected chi connectivity index (χ0v) is 13.7. The lowest BCUT2D eigenvalue weighted by Gasteiger charge is -2.19. The van der Waals surface area contributed by atoms with E-state index >= 15 is 0 Å². The van der Waals surface area contributed by atoms with E-state index in [1.807, 2.05) is 38.1 Å². The molecule has 0 saturated carbocycles. The van der Waals surface area contributed by atoms with Crippen LogP contribution in [0.25, 0.3) is 11.1 Å². The van der Waals surface area contributed by atoms with Crippen molar-refractivity contribution in [3.63, 3.8) is 0 Å². The molecule has 0 amide bonds. The summed E-state index contributed by atoms with van der Waals surface area (Å²) in [5.74, 6) is -0.0812. The largest absolute Gasteiger partial charge is 0.464 e. The van der Waals surface area contributed by atoms with E-state index in [-0.39, 0.29) is 17.8 Å². The molecule has 1 aliphatic carbocycles. The van der Waals surface area contributed by atoms with Crippen molar-refractivity contribution >= 4 is 5.97 Å². The lowest BCUT2D eigenvalue weighted by molar-refractivity contribution is -0.146. The van der Waals surface area contributed by atoms with Crippen LogP contribution in [-0.2, 0) is 9.53 Å². The van der Waals surface area contributed by atoms with E-state index in [1.54, 1.807) is 0 Å². The van der Waals surface area contributed by atoms with Crippen molar-refractivity contribution in [1.82, 2.24) is 0 Å². The molecule has 2 aromatic rings. The maximum atomic E-state index is 12.2. The number of hydrogen-bond donors (Lipinski definition) is 1. The molecule has 3 heteroatoms. The summed E-state index contributed by atoms with van der Waals surface area (Å²) in [7, 11) is 0. The Morgan fingerprint density at radius 3 is 2.13 bits per heavy atom. The van der Waals surface area contributed by atoms with Gasteiger partial charge < -0.3 is 10.5 Å². The molecule has 2 atom stereocenters. The Labute approximate surface area is 137 Å². The molecule has 2 aromatic carbocycles. The number of hydrogen-bond acceptors (Lipinski definition) is 3. The van der Waals surface area contributed by atoms with Crippen molar-refractivity contribution < 1.29 is 9.53 Å². The van der Waals surface area contributed by atoms with Gasteiger partial charge in [-0.3, -0.25) is 4.79 Å². The molecule has 0 saturated heterocycles. The molecular formula is C20H23NO2. The first-order valence-corrected chi connectivity index (χ1v) is 8.24. The first-order valence-electron chi connectivity index (χ1n) is 8.24. The van der Waals surface area contributed by atoms with Gasteiger partial charge in [-0.15, -0.1) is 0 Å². The van der Waals surface area contributed by atoms with Gasteiger partial charge >= 0.3 is 5.97 Å². The topological polar surface area (TPSA) is 52.3 Å². The molecular weight excluding hydrogens is 286 g/mol. The van der Waals surface area contributed by atoms with Crippen molar-refractivity contribution in [2.45, 2.75) is 32.2 Å². The fourth-order valence-electron chi connectivity index (χ4n) is 3.19. The number of ether oxygens (including phenoxy) is 1. The number of fused-ring (bicyclic) bond motifs is 3. The molecule has 0 radical (unpaired) electrons. The second-order valence-corrected chi connectivity index (χ2v) is 6.27. The summed E-state index contributed by atoms with van der Waals surface area (Å²) >= 11 is 0. The predicted octanol–water partition coefficient (Wildman–Crippen LogP) is 3.72. The third kappa shape index (κ3) is 2.89. The molecule has 23 heavy (non-hydrogen) atoms. The summed E-state index contributed by atoms with van der Waals surface area (Å²) in [6, 6.07) is 16.1. The van der Waals surface area contributed by atoms with E-state index in [0.29, 0.717) is 6.61 Å². The third-order valence-electron chi connectivity index (χ3n) is 4.88. The molecule has 1 aliphatic rings. The highest BCUT2D eigenvalue weighted by Crippen LogP contribution is 2.44. The lowest BCUT2D eigenvalue weighted by Crippen LogP contribution is -2.38. The van der Waals surface area contributed by atoms with Crippen molar-refractivity contribution in [3.05, 3.63) is 59.7 Å². The second-order valence-electron chi connectivity index (χ2n) is 6.27. The molecule has 0 aliphatic heterocycles. The minimum absolute atomic E-state index is 0.0930. The summed E-state index contributed by atoms with van der Waals surface area (Å²) < 4.78 is 5.56. The van der Waals surface area contributed by atoms with Gasteiger partial charge in [-0.05, 0) is 28.2 Å². The normalized spacial score (nSPS) is 15.6. The van der Waals surface area contributed by atoms with Gasteiger partial charge in [0.1, 0.15) is 12.6 Å². The van der Waals surface area contributed by atoms with Crippen LogP contribution in [0, 0.1) is 5.92 Å². The zero-order valence-electron chi connectivity index (χ0n) is 13.7. The average Bonchev–Trinajstić information content (AvgIpc) is 2.92. The van der Waals surface area contributed by atoms with E-state index in [0.717, 1.165) is 6.42 Å². The van der Waals surface area contributed by atoms with Crippen LogP contribution in [0.15, 0.2) is 48.5 Å². The fourth-order valence-corrected chi connectivity index (χ4v) is 3.19. The summed E-state index contributed by atoms with van der Waals surface area (Å²) in [6.07, 6.45) is 0.866. The SMILES string of the molecule is CCC(C)C(N)C(=O)OCC1c2ccccc2-c2ccccc21. The lowest BCUT2D eigenvalue weighted by atomic mass is 9.97. The van der Waals surface area contributed by atoms with Gasteiger partial charge in [-0.1, -0.05) is 68.8 Å². The van der Waals surface area contributed by atoms with Crippen LogP contribution in [0.4, 0.5) is 0 Å². The van der Waals surface area contributed by atoms with E-state index in [4.69, 9.17) is 10.5 Å². The monoisotopic (exact) mass is 309 g/mol. The van der Waals surface area contributed by atoms with Crippen LogP contribution >= 0.6 is 0 Å². The molecule has 2 N–H and O–H groups in total. The van der Waals surface area contributed by atoms with Crippen LogP contribution in [0.2, 0.25) is 0 Å². The van der Waals surface area contributed by atoms with Gasteiger partial charge in [0.05, 0.1) is 0 Å². The van der Waals surface area contributed by atoms with E-state index in [2.05, 4.69) is 24.3 Å². The van der Waals surface area contributed by atoms with Gasteiger partial charge in [0, 0.05) is 5.92 Å². The number of esters is 1. The highest BCUT2D eigenvalue weighted by molar-refractivity contribution is 5.79. The minimum Gasteiger partial charge on any atom is -0.464 e. The van der Waals surface area contributed by atoms with Gasteiger partial charge in [0.15, 0.2) is 0 Å². The van der Waals surface area contributed by atoms with Crippen molar-refractivity contribution in [2.24, 2.45) is 11.7 Å². The molecule has 120 valence electrons. The van der Waals surface area contributed by atoms with Crippen LogP contribution < -0.4 is 5.73 Å². The number of rotatable bonds is 5. The summed E-state index contributed by atoms with van der Waals surface area (Å²) in [5.41, 5.74) is 10.9. The van der Waals surface area contributed by atoms with E-state index in [1.165, 1.54) is 22.3 Å². The molecule has 3 nitrogen and oxygen atoms in total. The summed E-state index contributed by atoms with van der Waals surface area (Å²) in [4.78, 5) is 12.2. The first kappa shape index (κ1) is 15.8. The second kappa shape index (κ2) is 6.55. The zero-order chi connectivity index (χ0) is 16.4. The molecule has 0 fully saturated rings. The van der Waals surface area contributed by atoms with E-state index in [9.17, 15) is 4.79 Å².